The molecule has 0 aromatic heterocycles. The third kappa shape index (κ3) is 3.74. The Kier molecular flexibility index (Phi) is 5.06. The maximum absolute atomic E-state index is 12.2. The Hall–Kier alpha value is -3.04. The van der Waals surface area contributed by atoms with Gasteiger partial charge in [0.05, 0.1) is 16.0 Å². The molecule has 9 heteroatoms. The van der Waals surface area contributed by atoms with E-state index >= 15 is 0 Å². The van der Waals surface area contributed by atoms with Crippen molar-refractivity contribution in [3.63, 3.8) is 0 Å². The highest BCUT2D eigenvalue weighted by atomic mass is 32.2. The monoisotopic (exact) mass is 387 g/mol. The Labute approximate surface area is 156 Å². The van der Waals surface area contributed by atoms with E-state index in [9.17, 15) is 22.8 Å². The van der Waals surface area contributed by atoms with E-state index in [1.807, 2.05) is 0 Å². The molecule has 0 unspecified atom stereocenters. The smallest absolute Gasteiger partial charge is 0.261 e. The Balaban J connectivity index is 1.59. The van der Waals surface area contributed by atoms with Gasteiger partial charge >= 0.3 is 0 Å². The van der Waals surface area contributed by atoms with Crippen molar-refractivity contribution < 1.29 is 22.8 Å². The predicted molar refractivity (Wildman–Crippen MR) is 97.7 cm³/mol. The van der Waals surface area contributed by atoms with Crippen LogP contribution < -0.4 is 10.0 Å². The molecular weight excluding hydrogens is 370 g/mol. The number of carbonyl (C=O) groups excluding carboxylic acids is 3. The fourth-order valence-electron chi connectivity index (χ4n) is 2.71. The summed E-state index contributed by atoms with van der Waals surface area (Å²) in [7, 11) is -2.24. The molecule has 0 atom stereocenters. The van der Waals surface area contributed by atoms with Crippen molar-refractivity contribution in [1.29, 1.82) is 0 Å². The Morgan fingerprint density at radius 2 is 1.52 bits per heavy atom. The molecule has 2 aromatic rings. The summed E-state index contributed by atoms with van der Waals surface area (Å²) in [6.45, 7) is -0.0373. The van der Waals surface area contributed by atoms with Crippen LogP contribution in [0.15, 0.2) is 53.4 Å². The highest BCUT2D eigenvalue weighted by Crippen LogP contribution is 2.22. The number of hydrogen-bond donors (Lipinski definition) is 2. The van der Waals surface area contributed by atoms with Gasteiger partial charge in [-0.05, 0) is 43.4 Å². The lowest BCUT2D eigenvalue weighted by Crippen LogP contribution is -2.32. The van der Waals surface area contributed by atoms with E-state index in [0.29, 0.717) is 16.8 Å². The lowest BCUT2D eigenvalue weighted by molar-refractivity contribution is -0.116. The largest absolute Gasteiger partial charge is 0.326 e. The van der Waals surface area contributed by atoms with E-state index < -0.39 is 27.7 Å². The first kappa shape index (κ1) is 18.7. The van der Waals surface area contributed by atoms with E-state index in [-0.39, 0.29) is 17.9 Å². The van der Waals surface area contributed by atoms with Crippen LogP contribution in [0.3, 0.4) is 0 Å². The molecule has 2 N–H and O–H groups in total. The van der Waals surface area contributed by atoms with Gasteiger partial charge in [0.15, 0.2) is 0 Å². The molecular formula is C18H17N3O5S. The zero-order valence-electron chi connectivity index (χ0n) is 14.4. The van der Waals surface area contributed by atoms with Crippen molar-refractivity contribution in [2.24, 2.45) is 0 Å². The van der Waals surface area contributed by atoms with E-state index in [1.165, 1.54) is 31.3 Å². The number of sulfonamides is 1. The molecule has 0 fully saturated rings. The van der Waals surface area contributed by atoms with Crippen LogP contribution >= 0.6 is 0 Å². The van der Waals surface area contributed by atoms with Gasteiger partial charge in [-0.3, -0.25) is 19.3 Å². The van der Waals surface area contributed by atoms with Crippen LogP contribution in [0.5, 0.6) is 0 Å². The molecule has 27 heavy (non-hydrogen) atoms. The lowest BCUT2D eigenvalue weighted by Gasteiger charge is -2.13. The Bertz CT molecular complexity index is 981. The van der Waals surface area contributed by atoms with Crippen molar-refractivity contribution in [3.8, 4) is 0 Å². The summed E-state index contributed by atoms with van der Waals surface area (Å²) in [5.74, 6) is -1.22. The van der Waals surface area contributed by atoms with Crippen LogP contribution in [-0.4, -0.2) is 44.6 Å². The summed E-state index contributed by atoms with van der Waals surface area (Å²) in [5, 5.41) is 2.61. The fraction of sp³-hybridized carbons (Fsp3) is 0.167. The fourth-order valence-corrected chi connectivity index (χ4v) is 3.44. The second-order valence-electron chi connectivity index (χ2n) is 5.84. The van der Waals surface area contributed by atoms with Gasteiger partial charge in [0.2, 0.25) is 15.9 Å². The maximum Gasteiger partial charge on any atom is 0.261 e. The molecule has 2 aromatic carbocycles. The third-order valence-electron chi connectivity index (χ3n) is 4.16. The quantitative estimate of drug-likeness (QED) is 0.724. The first-order chi connectivity index (χ1) is 12.8. The number of benzene rings is 2. The van der Waals surface area contributed by atoms with Crippen molar-refractivity contribution in [2.75, 3.05) is 18.9 Å². The number of imide groups is 1. The van der Waals surface area contributed by atoms with Gasteiger partial charge in [-0.1, -0.05) is 12.1 Å². The molecule has 3 rings (SSSR count). The number of rotatable bonds is 6. The minimum atomic E-state index is -3.55. The molecule has 0 aliphatic carbocycles. The van der Waals surface area contributed by atoms with Crippen LogP contribution in [0.4, 0.5) is 5.69 Å². The van der Waals surface area contributed by atoms with Crippen LogP contribution in [0.2, 0.25) is 0 Å². The normalized spacial score (nSPS) is 13.6. The van der Waals surface area contributed by atoms with Crippen LogP contribution in [0.25, 0.3) is 0 Å². The minimum absolute atomic E-state index is 0.0373. The number of amides is 3. The predicted octanol–water partition coefficient (Wildman–Crippen LogP) is 1.22. The van der Waals surface area contributed by atoms with Gasteiger partial charge < -0.3 is 5.32 Å². The van der Waals surface area contributed by atoms with Gasteiger partial charge in [-0.15, -0.1) is 0 Å². The van der Waals surface area contributed by atoms with Crippen LogP contribution in [-0.2, 0) is 14.8 Å². The van der Waals surface area contributed by atoms with Gasteiger partial charge in [0, 0.05) is 18.7 Å². The average molecular weight is 387 g/mol. The minimum Gasteiger partial charge on any atom is -0.326 e. The zero-order valence-corrected chi connectivity index (χ0v) is 15.2. The number of carbonyl (C=O) groups is 3. The molecule has 1 aliphatic rings. The molecule has 0 saturated carbocycles. The van der Waals surface area contributed by atoms with Gasteiger partial charge in [-0.2, -0.15) is 0 Å². The second kappa shape index (κ2) is 7.29. The van der Waals surface area contributed by atoms with E-state index in [0.717, 1.165) is 4.90 Å². The molecule has 140 valence electrons. The summed E-state index contributed by atoms with van der Waals surface area (Å²) < 4.78 is 25.5. The average Bonchev–Trinajstić information content (AvgIpc) is 2.91. The molecule has 0 bridgehead atoms. The molecule has 1 heterocycles. The first-order valence-electron chi connectivity index (χ1n) is 8.12. The van der Waals surface area contributed by atoms with Gasteiger partial charge in [0.25, 0.3) is 11.8 Å². The SMILES string of the molecule is CNS(=O)(=O)c1ccc(NC(=O)CCN2C(=O)c3ccccc3C2=O)cc1. The Morgan fingerprint density at radius 1 is 0.963 bits per heavy atom. The van der Waals surface area contributed by atoms with Gasteiger partial charge in [0.1, 0.15) is 0 Å². The first-order valence-corrected chi connectivity index (χ1v) is 9.60. The van der Waals surface area contributed by atoms with Crippen molar-refractivity contribution >= 4 is 33.4 Å². The molecule has 0 radical (unpaired) electrons. The number of nitrogens with zero attached hydrogens (tertiary/aromatic N) is 1. The standard InChI is InChI=1S/C18H17N3O5S/c1-19-27(25,26)13-8-6-12(7-9-13)20-16(22)10-11-21-17(23)14-4-2-3-5-15(14)18(21)24/h2-9,19H,10-11H2,1H3,(H,20,22). The van der Waals surface area contributed by atoms with Crippen molar-refractivity contribution in [2.45, 2.75) is 11.3 Å². The number of hydrogen-bond acceptors (Lipinski definition) is 5. The van der Waals surface area contributed by atoms with Gasteiger partial charge in [-0.25, -0.2) is 13.1 Å². The van der Waals surface area contributed by atoms with Crippen LogP contribution in [0.1, 0.15) is 27.1 Å². The molecule has 3 amide bonds. The summed E-state index contributed by atoms with van der Waals surface area (Å²) in [6.07, 6.45) is -0.0674. The molecule has 0 saturated heterocycles. The number of fused-ring (bicyclic) bond motifs is 1. The summed E-state index contributed by atoms with van der Waals surface area (Å²) in [4.78, 5) is 37.7. The highest BCUT2D eigenvalue weighted by Gasteiger charge is 2.34. The Morgan fingerprint density at radius 3 is 2.04 bits per heavy atom. The van der Waals surface area contributed by atoms with Crippen molar-refractivity contribution in [3.05, 3.63) is 59.7 Å². The molecule has 8 nitrogen and oxygen atoms in total. The maximum atomic E-state index is 12.2. The number of nitrogens with one attached hydrogen (secondary N) is 2. The lowest BCUT2D eigenvalue weighted by atomic mass is 10.1. The van der Waals surface area contributed by atoms with E-state index in [4.69, 9.17) is 0 Å². The molecule has 1 aliphatic heterocycles. The van der Waals surface area contributed by atoms with E-state index in [2.05, 4.69) is 10.0 Å². The zero-order chi connectivity index (χ0) is 19.6. The van der Waals surface area contributed by atoms with E-state index in [1.54, 1.807) is 24.3 Å². The second-order valence-corrected chi connectivity index (χ2v) is 7.72. The summed E-state index contributed by atoms with van der Waals surface area (Å²) in [6, 6.07) is 12.2. The topological polar surface area (TPSA) is 113 Å². The summed E-state index contributed by atoms with van der Waals surface area (Å²) in [5.41, 5.74) is 1.09. The third-order valence-corrected chi connectivity index (χ3v) is 5.59. The highest BCUT2D eigenvalue weighted by molar-refractivity contribution is 7.89. The summed E-state index contributed by atoms with van der Waals surface area (Å²) >= 11 is 0. The van der Waals surface area contributed by atoms with Crippen LogP contribution in [0, 0.1) is 0 Å². The van der Waals surface area contributed by atoms with Crippen molar-refractivity contribution in [1.82, 2.24) is 9.62 Å². The number of anilines is 1. The molecule has 0 spiro atoms.